The number of carbonyl (C=O) groups excluding carboxylic acids is 3. The van der Waals surface area contributed by atoms with E-state index in [2.05, 4.69) is 4.98 Å². The van der Waals surface area contributed by atoms with Gasteiger partial charge in [0.05, 0.1) is 18.3 Å². The first-order valence-corrected chi connectivity index (χ1v) is 8.55. The summed E-state index contributed by atoms with van der Waals surface area (Å²) in [6.45, 7) is 0.193. The topological polar surface area (TPSA) is 76.6 Å². The van der Waals surface area contributed by atoms with E-state index in [1.54, 1.807) is 12.1 Å². The summed E-state index contributed by atoms with van der Waals surface area (Å²) in [4.78, 5) is 41.6. The van der Waals surface area contributed by atoms with Gasteiger partial charge in [-0.2, -0.15) is 0 Å². The zero-order chi connectivity index (χ0) is 17.1. The second-order valence-corrected chi connectivity index (χ2v) is 6.61. The number of rotatable bonds is 5. The summed E-state index contributed by atoms with van der Waals surface area (Å²) < 4.78 is 5.15. The van der Waals surface area contributed by atoms with Crippen LogP contribution in [-0.4, -0.2) is 34.2 Å². The molecule has 2 unspecified atom stereocenters. The first kappa shape index (κ1) is 16.9. The van der Waals surface area contributed by atoms with Crippen molar-refractivity contribution in [2.75, 3.05) is 6.54 Å². The molecule has 0 bridgehead atoms. The van der Waals surface area contributed by atoms with E-state index in [0.29, 0.717) is 5.15 Å². The van der Waals surface area contributed by atoms with E-state index >= 15 is 0 Å². The average molecular weight is 351 g/mol. The van der Waals surface area contributed by atoms with E-state index in [1.807, 2.05) is 0 Å². The molecule has 1 aliphatic heterocycles. The first-order valence-electron chi connectivity index (χ1n) is 8.17. The predicted molar refractivity (Wildman–Crippen MR) is 85.8 cm³/mol. The van der Waals surface area contributed by atoms with Crippen LogP contribution in [0.3, 0.4) is 0 Å². The van der Waals surface area contributed by atoms with E-state index in [9.17, 15) is 14.4 Å². The summed E-state index contributed by atoms with van der Waals surface area (Å²) in [5.74, 6) is -1.05. The van der Waals surface area contributed by atoms with E-state index in [1.165, 1.54) is 11.1 Å². The zero-order valence-corrected chi connectivity index (χ0v) is 14.0. The van der Waals surface area contributed by atoms with Crippen LogP contribution in [0.2, 0.25) is 5.15 Å². The number of amides is 2. The van der Waals surface area contributed by atoms with Crippen LogP contribution in [0.5, 0.6) is 0 Å². The van der Waals surface area contributed by atoms with Gasteiger partial charge in [0.15, 0.2) is 0 Å². The summed E-state index contributed by atoms with van der Waals surface area (Å²) in [7, 11) is 0. The quantitative estimate of drug-likeness (QED) is 0.463. The van der Waals surface area contributed by atoms with Crippen LogP contribution in [0.4, 0.5) is 0 Å². The highest BCUT2D eigenvalue weighted by Gasteiger charge is 2.47. The maximum absolute atomic E-state index is 12.3. The van der Waals surface area contributed by atoms with Gasteiger partial charge in [-0.25, -0.2) is 4.98 Å². The maximum atomic E-state index is 12.3. The van der Waals surface area contributed by atoms with Crippen molar-refractivity contribution in [2.45, 2.75) is 38.7 Å². The molecule has 2 amide bonds. The molecule has 0 N–H and O–H groups in total. The molecule has 0 spiro atoms. The fraction of sp³-hybridized carbons (Fsp3) is 0.529. The largest absolute Gasteiger partial charge is 0.461 e. The second-order valence-electron chi connectivity index (χ2n) is 6.23. The molecule has 1 aliphatic carbocycles. The molecule has 7 heteroatoms. The maximum Gasteiger partial charge on any atom is 0.307 e. The van der Waals surface area contributed by atoms with Crippen LogP contribution >= 0.6 is 11.6 Å². The Bertz CT molecular complexity index is 622. The van der Waals surface area contributed by atoms with Crippen LogP contribution < -0.4 is 0 Å². The standard InChI is InChI=1S/C17H19ClN2O4/c18-14-6-5-11(9-19-14)10-24-15(21)7-8-20-16(22)12-3-1-2-4-13(12)17(20)23/h5-6,9,12-13H,1-4,7-8,10H2. The number of pyridine rings is 1. The van der Waals surface area contributed by atoms with E-state index in [-0.39, 0.29) is 43.2 Å². The molecular formula is C17H19ClN2O4. The molecule has 6 nitrogen and oxygen atoms in total. The van der Waals surface area contributed by atoms with Gasteiger partial charge in [-0.3, -0.25) is 19.3 Å². The number of halogens is 1. The van der Waals surface area contributed by atoms with Crippen molar-refractivity contribution in [1.82, 2.24) is 9.88 Å². The van der Waals surface area contributed by atoms with Gasteiger partial charge in [0.25, 0.3) is 0 Å². The second kappa shape index (κ2) is 7.30. The van der Waals surface area contributed by atoms with Gasteiger partial charge < -0.3 is 4.74 Å². The monoisotopic (exact) mass is 350 g/mol. The number of imide groups is 1. The third kappa shape index (κ3) is 3.59. The lowest BCUT2D eigenvalue weighted by Gasteiger charge is -2.19. The molecule has 1 aromatic rings. The van der Waals surface area contributed by atoms with Gasteiger partial charge in [-0.1, -0.05) is 30.5 Å². The third-order valence-corrected chi connectivity index (χ3v) is 4.88. The fourth-order valence-corrected chi connectivity index (χ4v) is 3.49. The van der Waals surface area contributed by atoms with Crippen molar-refractivity contribution in [3.63, 3.8) is 0 Å². The minimum Gasteiger partial charge on any atom is -0.461 e. The Balaban J connectivity index is 1.48. The van der Waals surface area contributed by atoms with Crippen molar-refractivity contribution >= 4 is 29.4 Å². The van der Waals surface area contributed by atoms with Crippen LogP contribution in [0, 0.1) is 11.8 Å². The van der Waals surface area contributed by atoms with Gasteiger partial charge in [0, 0.05) is 18.3 Å². The summed E-state index contributed by atoms with van der Waals surface area (Å²) in [5, 5.41) is 0.373. The summed E-state index contributed by atoms with van der Waals surface area (Å²) in [6.07, 6.45) is 5.08. The smallest absolute Gasteiger partial charge is 0.307 e. The molecule has 1 saturated heterocycles. The number of likely N-dealkylation sites (tertiary alicyclic amines) is 1. The lowest BCUT2D eigenvalue weighted by molar-refractivity contribution is -0.146. The molecular weight excluding hydrogens is 332 g/mol. The Morgan fingerprint density at radius 3 is 2.46 bits per heavy atom. The van der Waals surface area contributed by atoms with Crippen molar-refractivity contribution in [1.29, 1.82) is 0 Å². The van der Waals surface area contributed by atoms with Crippen molar-refractivity contribution < 1.29 is 19.1 Å². The molecule has 2 fully saturated rings. The van der Waals surface area contributed by atoms with Crippen molar-refractivity contribution in [2.24, 2.45) is 11.8 Å². The average Bonchev–Trinajstić information content (AvgIpc) is 2.84. The highest BCUT2D eigenvalue weighted by Crippen LogP contribution is 2.37. The fourth-order valence-electron chi connectivity index (χ4n) is 3.38. The Labute approximate surface area is 145 Å². The number of carbonyl (C=O) groups is 3. The minimum absolute atomic E-state index is 0.0118. The lowest BCUT2D eigenvalue weighted by atomic mass is 9.81. The number of ether oxygens (including phenoxy) is 1. The molecule has 0 aromatic carbocycles. The van der Waals surface area contributed by atoms with Crippen LogP contribution in [0.1, 0.15) is 37.7 Å². The zero-order valence-electron chi connectivity index (χ0n) is 13.2. The molecule has 2 atom stereocenters. The van der Waals surface area contributed by atoms with E-state index < -0.39 is 5.97 Å². The van der Waals surface area contributed by atoms with Gasteiger partial charge >= 0.3 is 5.97 Å². The van der Waals surface area contributed by atoms with Crippen LogP contribution in [0.25, 0.3) is 0 Å². The number of hydrogen-bond donors (Lipinski definition) is 0. The number of esters is 1. The molecule has 1 aromatic heterocycles. The van der Waals surface area contributed by atoms with Crippen molar-refractivity contribution in [3.8, 4) is 0 Å². The first-order chi connectivity index (χ1) is 11.6. The molecule has 128 valence electrons. The molecule has 2 heterocycles. The Morgan fingerprint density at radius 2 is 1.88 bits per heavy atom. The molecule has 24 heavy (non-hydrogen) atoms. The Kier molecular flexibility index (Phi) is 5.14. The number of fused-ring (bicyclic) bond motifs is 1. The predicted octanol–water partition coefficient (Wildman–Crippen LogP) is 2.34. The van der Waals surface area contributed by atoms with Gasteiger partial charge in [-0.05, 0) is 18.9 Å². The SMILES string of the molecule is O=C(CCN1C(=O)C2CCCCC2C1=O)OCc1ccc(Cl)nc1. The molecule has 3 rings (SSSR count). The van der Waals surface area contributed by atoms with Crippen LogP contribution in [-0.2, 0) is 25.7 Å². The molecule has 0 radical (unpaired) electrons. The van der Waals surface area contributed by atoms with Crippen molar-refractivity contribution in [3.05, 3.63) is 29.0 Å². The number of aromatic nitrogens is 1. The number of nitrogens with zero attached hydrogens (tertiary/aromatic N) is 2. The number of hydrogen-bond acceptors (Lipinski definition) is 5. The molecule has 1 saturated carbocycles. The lowest BCUT2D eigenvalue weighted by Crippen LogP contribution is -2.33. The Hall–Kier alpha value is -1.95. The minimum atomic E-state index is -0.444. The van der Waals surface area contributed by atoms with E-state index in [0.717, 1.165) is 31.2 Å². The van der Waals surface area contributed by atoms with Crippen LogP contribution in [0.15, 0.2) is 18.3 Å². The van der Waals surface area contributed by atoms with Gasteiger partial charge in [0.1, 0.15) is 11.8 Å². The Morgan fingerprint density at radius 1 is 1.21 bits per heavy atom. The van der Waals surface area contributed by atoms with Gasteiger partial charge in [0.2, 0.25) is 11.8 Å². The summed E-state index contributed by atoms with van der Waals surface area (Å²) in [5.41, 5.74) is 0.729. The summed E-state index contributed by atoms with van der Waals surface area (Å²) in [6, 6.07) is 3.34. The molecule has 2 aliphatic rings. The summed E-state index contributed by atoms with van der Waals surface area (Å²) >= 11 is 5.69. The normalized spacial score (nSPS) is 23.3. The third-order valence-electron chi connectivity index (χ3n) is 4.66. The highest BCUT2D eigenvalue weighted by molar-refractivity contribution is 6.29. The van der Waals surface area contributed by atoms with E-state index in [4.69, 9.17) is 16.3 Å². The van der Waals surface area contributed by atoms with Gasteiger partial charge in [-0.15, -0.1) is 0 Å². The highest BCUT2D eigenvalue weighted by atomic mass is 35.5.